The van der Waals surface area contributed by atoms with Crippen molar-refractivity contribution in [3.05, 3.63) is 48.5 Å². The standard InChI is InChI=1S/C14H20N4/c1-11(13(3)18-9-5-8-16-18)17-12(2)14-6-4-7-15-10-14/h4-13,17H,1-3H3/t11-,12+,13-/m1/s1. The van der Waals surface area contributed by atoms with E-state index in [0.717, 1.165) is 0 Å². The summed E-state index contributed by atoms with van der Waals surface area (Å²) in [6, 6.07) is 6.95. The molecule has 0 saturated heterocycles. The summed E-state index contributed by atoms with van der Waals surface area (Å²) >= 11 is 0. The Morgan fingerprint density at radius 1 is 1.17 bits per heavy atom. The summed E-state index contributed by atoms with van der Waals surface area (Å²) in [7, 11) is 0. The van der Waals surface area contributed by atoms with Gasteiger partial charge in [0, 0.05) is 36.9 Å². The van der Waals surface area contributed by atoms with Crippen LogP contribution in [0.25, 0.3) is 0 Å². The van der Waals surface area contributed by atoms with Gasteiger partial charge in [-0.1, -0.05) is 6.07 Å². The second kappa shape index (κ2) is 5.78. The van der Waals surface area contributed by atoms with E-state index < -0.39 is 0 Å². The fourth-order valence-electron chi connectivity index (χ4n) is 2.01. The molecular weight excluding hydrogens is 224 g/mol. The van der Waals surface area contributed by atoms with Gasteiger partial charge in [0.1, 0.15) is 0 Å². The maximum atomic E-state index is 4.28. The molecule has 0 radical (unpaired) electrons. The maximum absolute atomic E-state index is 4.28. The average Bonchev–Trinajstić information content (AvgIpc) is 2.92. The Hall–Kier alpha value is -1.68. The Morgan fingerprint density at radius 3 is 2.61 bits per heavy atom. The molecule has 2 heterocycles. The maximum Gasteiger partial charge on any atom is 0.0641 e. The van der Waals surface area contributed by atoms with Crippen molar-refractivity contribution in [2.45, 2.75) is 38.9 Å². The van der Waals surface area contributed by atoms with Gasteiger partial charge in [-0.05, 0) is 38.5 Å². The molecule has 3 atom stereocenters. The minimum atomic E-state index is 0.284. The van der Waals surface area contributed by atoms with Crippen LogP contribution in [0.1, 0.15) is 38.4 Å². The topological polar surface area (TPSA) is 42.7 Å². The number of hydrogen-bond donors (Lipinski definition) is 1. The highest BCUT2D eigenvalue weighted by atomic mass is 15.3. The van der Waals surface area contributed by atoms with E-state index in [4.69, 9.17) is 0 Å². The highest BCUT2D eigenvalue weighted by molar-refractivity contribution is 5.13. The molecule has 1 N–H and O–H groups in total. The van der Waals surface area contributed by atoms with Crippen LogP contribution in [0.3, 0.4) is 0 Å². The monoisotopic (exact) mass is 244 g/mol. The summed E-state index contributed by atoms with van der Waals surface area (Å²) < 4.78 is 1.98. The third kappa shape index (κ3) is 2.96. The second-order valence-electron chi connectivity index (χ2n) is 4.69. The van der Waals surface area contributed by atoms with Gasteiger partial charge in [0.05, 0.1) is 6.04 Å². The number of hydrogen-bond acceptors (Lipinski definition) is 3. The molecule has 0 aliphatic rings. The number of aromatic nitrogens is 3. The molecule has 2 rings (SSSR count). The number of rotatable bonds is 5. The molecular formula is C14H20N4. The van der Waals surface area contributed by atoms with E-state index in [1.54, 1.807) is 6.20 Å². The lowest BCUT2D eigenvalue weighted by Gasteiger charge is -2.25. The zero-order chi connectivity index (χ0) is 13.0. The van der Waals surface area contributed by atoms with Crippen molar-refractivity contribution in [1.82, 2.24) is 20.1 Å². The first-order valence-electron chi connectivity index (χ1n) is 6.33. The first kappa shape index (κ1) is 12.8. The van der Waals surface area contributed by atoms with Crippen LogP contribution in [-0.2, 0) is 0 Å². The van der Waals surface area contributed by atoms with Crippen molar-refractivity contribution in [2.75, 3.05) is 0 Å². The van der Waals surface area contributed by atoms with E-state index in [2.05, 4.69) is 42.2 Å². The van der Waals surface area contributed by atoms with Gasteiger partial charge in [-0.3, -0.25) is 9.67 Å². The molecule has 18 heavy (non-hydrogen) atoms. The van der Waals surface area contributed by atoms with Crippen molar-refractivity contribution < 1.29 is 0 Å². The molecule has 4 heteroatoms. The predicted octanol–water partition coefficient (Wildman–Crippen LogP) is 2.58. The number of pyridine rings is 1. The molecule has 0 aromatic carbocycles. The van der Waals surface area contributed by atoms with Crippen molar-refractivity contribution in [3.63, 3.8) is 0 Å². The molecule has 96 valence electrons. The molecule has 0 saturated carbocycles. The highest BCUT2D eigenvalue weighted by Gasteiger charge is 2.16. The van der Waals surface area contributed by atoms with Crippen molar-refractivity contribution in [3.8, 4) is 0 Å². The van der Waals surface area contributed by atoms with Crippen LogP contribution in [0.4, 0.5) is 0 Å². The van der Waals surface area contributed by atoms with E-state index in [1.807, 2.05) is 35.4 Å². The summed E-state index contributed by atoms with van der Waals surface area (Å²) in [4.78, 5) is 4.15. The molecule has 0 spiro atoms. The molecule has 4 nitrogen and oxygen atoms in total. The third-order valence-electron chi connectivity index (χ3n) is 3.36. The molecule has 0 fully saturated rings. The van der Waals surface area contributed by atoms with E-state index >= 15 is 0 Å². The van der Waals surface area contributed by atoms with Crippen molar-refractivity contribution in [2.24, 2.45) is 0 Å². The summed E-state index contributed by atoms with van der Waals surface area (Å²) in [5.41, 5.74) is 1.21. The fourth-order valence-corrected chi connectivity index (χ4v) is 2.01. The van der Waals surface area contributed by atoms with Crippen LogP contribution in [0.15, 0.2) is 43.0 Å². The zero-order valence-electron chi connectivity index (χ0n) is 11.1. The summed E-state index contributed by atoms with van der Waals surface area (Å²) in [6.45, 7) is 6.50. The normalized spacial score (nSPS) is 16.2. The van der Waals surface area contributed by atoms with Crippen LogP contribution < -0.4 is 5.32 Å². The average molecular weight is 244 g/mol. The van der Waals surface area contributed by atoms with Gasteiger partial charge in [-0.25, -0.2) is 0 Å². The molecule has 0 bridgehead atoms. The molecule has 0 amide bonds. The molecule has 0 aliphatic carbocycles. The fraction of sp³-hybridized carbons (Fsp3) is 0.429. The molecule has 0 unspecified atom stereocenters. The highest BCUT2D eigenvalue weighted by Crippen LogP contribution is 2.15. The Bertz CT molecular complexity index is 452. The minimum Gasteiger partial charge on any atom is -0.306 e. The Kier molecular flexibility index (Phi) is 4.10. The lowest BCUT2D eigenvalue weighted by molar-refractivity contribution is 0.342. The Balaban J connectivity index is 1.97. The quantitative estimate of drug-likeness (QED) is 0.879. The summed E-state index contributed by atoms with van der Waals surface area (Å²) in [5.74, 6) is 0. The van der Waals surface area contributed by atoms with Gasteiger partial charge in [-0.15, -0.1) is 0 Å². The van der Waals surface area contributed by atoms with E-state index in [-0.39, 0.29) is 6.04 Å². The second-order valence-corrected chi connectivity index (χ2v) is 4.69. The lowest BCUT2D eigenvalue weighted by Crippen LogP contribution is -2.35. The zero-order valence-corrected chi connectivity index (χ0v) is 11.1. The first-order chi connectivity index (χ1) is 8.68. The SMILES string of the molecule is C[C@H](N[C@H](C)[C@@H](C)n1cccn1)c1cccnc1. The van der Waals surface area contributed by atoms with Crippen LogP contribution in [0.5, 0.6) is 0 Å². The van der Waals surface area contributed by atoms with Gasteiger partial charge in [0.25, 0.3) is 0 Å². The summed E-state index contributed by atoms with van der Waals surface area (Å²) in [6.07, 6.45) is 7.51. The molecule has 0 aliphatic heterocycles. The number of nitrogens with zero attached hydrogens (tertiary/aromatic N) is 3. The van der Waals surface area contributed by atoms with Gasteiger partial charge < -0.3 is 5.32 Å². The van der Waals surface area contributed by atoms with Crippen molar-refractivity contribution >= 4 is 0 Å². The van der Waals surface area contributed by atoms with E-state index in [1.165, 1.54) is 5.56 Å². The largest absolute Gasteiger partial charge is 0.306 e. The molecule has 2 aromatic rings. The predicted molar refractivity (Wildman–Crippen MR) is 72.2 cm³/mol. The lowest BCUT2D eigenvalue weighted by atomic mass is 10.1. The van der Waals surface area contributed by atoms with Gasteiger partial charge in [0.2, 0.25) is 0 Å². The smallest absolute Gasteiger partial charge is 0.0641 e. The van der Waals surface area contributed by atoms with E-state index in [9.17, 15) is 0 Å². The van der Waals surface area contributed by atoms with Gasteiger partial charge >= 0.3 is 0 Å². The van der Waals surface area contributed by atoms with Crippen molar-refractivity contribution in [1.29, 1.82) is 0 Å². The van der Waals surface area contributed by atoms with Crippen LogP contribution in [0, 0.1) is 0 Å². The minimum absolute atomic E-state index is 0.284. The first-order valence-corrected chi connectivity index (χ1v) is 6.33. The number of nitrogens with one attached hydrogen (secondary N) is 1. The van der Waals surface area contributed by atoms with Crippen LogP contribution in [-0.4, -0.2) is 20.8 Å². The van der Waals surface area contributed by atoms with E-state index in [0.29, 0.717) is 12.1 Å². The third-order valence-corrected chi connectivity index (χ3v) is 3.36. The summed E-state index contributed by atoms with van der Waals surface area (Å²) in [5, 5.41) is 7.86. The Morgan fingerprint density at radius 2 is 2.00 bits per heavy atom. The molecule has 2 aromatic heterocycles. The Labute approximate surface area is 108 Å². The van der Waals surface area contributed by atoms with Gasteiger partial charge in [-0.2, -0.15) is 5.10 Å². The van der Waals surface area contributed by atoms with Crippen LogP contribution in [0.2, 0.25) is 0 Å². The van der Waals surface area contributed by atoms with Gasteiger partial charge in [0.15, 0.2) is 0 Å². The van der Waals surface area contributed by atoms with Crippen LogP contribution >= 0.6 is 0 Å².